The van der Waals surface area contributed by atoms with Crippen LogP contribution in [0.15, 0.2) is 48.5 Å². The molecule has 2 aromatic carbocycles. The molecule has 3 heterocycles. The molecule has 0 saturated carbocycles. The van der Waals surface area contributed by atoms with Gasteiger partial charge in [-0.3, -0.25) is 14.3 Å². The summed E-state index contributed by atoms with van der Waals surface area (Å²) in [6, 6.07) is 14.6. The summed E-state index contributed by atoms with van der Waals surface area (Å²) in [7, 11) is 1.82. The number of carbonyl (C=O) groups excluding carboxylic acids is 2. The van der Waals surface area contributed by atoms with Gasteiger partial charge in [-0.15, -0.1) is 12.4 Å². The summed E-state index contributed by atoms with van der Waals surface area (Å²) < 4.78 is 1.68. The molecule has 1 unspecified atom stereocenters. The van der Waals surface area contributed by atoms with Gasteiger partial charge in [0.2, 0.25) is 5.91 Å². The van der Waals surface area contributed by atoms with Gasteiger partial charge in [-0.25, -0.2) is 0 Å². The zero-order valence-electron chi connectivity index (χ0n) is 21.7. The highest BCUT2D eigenvalue weighted by atomic mass is 35.5. The predicted molar refractivity (Wildman–Crippen MR) is 153 cm³/mol. The van der Waals surface area contributed by atoms with Crippen molar-refractivity contribution >= 4 is 53.0 Å². The average molecular weight is 558 g/mol. The number of hydrogen-bond donors (Lipinski definition) is 3. The first-order valence-corrected chi connectivity index (χ1v) is 13.2. The Morgan fingerprint density at radius 1 is 1.16 bits per heavy atom. The molecule has 0 radical (unpaired) electrons. The first kappa shape index (κ1) is 28.0. The number of aryl methyl sites for hydroxylation is 2. The number of nitrogens with one attached hydrogen (secondary N) is 3. The largest absolute Gasteiger partial charge is 0.341 e. The normalized spacial score (nSPS) is 15.8. The second kappa shape index (κ2) is 12.2. The van der Waals surface area contributed by atoms with E-state index in [0.717, 1.165) is 66.2 Å². The summed E-state index contributed by atoms with van der Waals surface area (Å²) in [6.07, 6.45) is 3.39. The molecule has 2 aliphatic rings. The molecule has 0 aliphatic carbocycles. The van der Waals surface area contributed by atoms with E-state index in [4.69, 9.17) is 11.6 Å². The van der Waals surface area contributed by atoms with Crippen molar-refractivity contribution in [2.75, 3.05) is 23.3 Å². The average Bonchev–Trinajstić information content (AvgIpc) is 3.06. The highest BCUT2D eigenvalue weighted by Crippen LogP contribution is 2.39. The Hall–Kier alpha value is -3.07. The molecule has 202 valence electrons. The van der Waals surface area contributed by atoms with Crippen LogP contribution >= 0.6 is 24.0 Å². The Labute approximate surface area is 234 Å². The van der Waals surface area contributed by atoms with Crippen molar-refractivity contribution in [3.05, 3.63) is 70.4 Å². The lowest BCUT2D eigenvalue weighted by molar-refractivity contribution is -0.128. The van der Waals surface area contributed by atoms with Crippen molar-refractivity contribution in [3.63, 3.8) is 0 Å². The van der Waals surface area contributed by atoms with E-state index in [-0.39, 0.29) is 30.8 Å². The van der Waals surface area contributed by atoms with Crippen molar-refractivity contribution in [1.82, 2.24) is 20.4 Å². The molecule has 1 fully saturated rings. The number of aromatic nitrogens is 2. The van der Waals surface area contributed by atoms with E-state index in [9.17, 15) is 9.59 Å². The third-order valence-electron chi connectivity index (χ3n) is 7.29. The van der Waals surface area contributed by atoms with Gasteiger partial charge in [-0.1, -0.05) is 53.6 Å². The molecule has 3 N–H and O–H groups in total. The molecule has 1 aromatic heterocycles. The van der Waals surface area contributed by atoms with E-state index in [1.54, 1.807) is 9.58 Å². The van der Waals surface area contributed by atoms with Crippen molar-refractivity contribution in [1.29, 1.82) is 0 Å². The van der Waals surface area contributed by atoms with Crippen LogP contribution < -0.4 is 20.9 Å². The first-order chi connectivity index (χ1) is 17.9. The Bertz CT molecular complexity index is 1300. The maximum absolute atomic E-state index is 14.3. The Balaban J connectivity index is 0.00000336. The van der Waals surface area contributed by atoms with Crippen LogP contribution in [0.2, 0.25) is 5.15 Å². The molecule has 10 heteroatoms. The quantitative estimate of drug-likeness (QED) is 0.396. The molecule has 5 rings (SSSR count). The van der Waals surface area contributed by atoms with Crippen LogP contribution in [0, 0.1) is 12.8 Å². The number of nitrogens with zero attached hydrogens (tertiary/aromatic N) is 3. The lowest BCUT2D eigenvalue weighted by atomic mass is 9.93. The molecule has 38 heavy (non-hydrogen) atoms. The molecule has 0 spiro atoms. The minimum atomic E-state index is -0.828. The minimum Gasteiger partial charge on any atom is -0.341 e. The number of carbonyl (C=O) groups is 2. The number of para-hydroxylation sites is 2. The summed E-state index contributed by atoms with van der Waals surface area (Å²) >= 11 is 6.48. The Kier molecular flexibility index (Phi) is 8.97. The van der Waals surface area contributed by atoms with Crippen LogP contribution in [0.5, 0.6) is 0 Å². The second-order valence-corrected chi connectivity index (χ2v) is 10.3. The molecule has 0 bridgehead atoms. The topological polar surface area (TPSA) is 91.3 Å². The predicted octanol–water partition coefficient (Wildman–Crippen LogP) is 5.03. The third kappa shape index (κ3) is 5.98. The maximum atomic E-state index is 14.3. The summed E-state index contributed by atoms with van der Waals surface area (Å²) in [4.78, 5) is 29.2. The van der Waals surface area contributed by atoms with E-state index in [0.29, 0.717) is 17.5 Å². The molecular weight excluding hydrogens is 523 g/mol. The van der Waals surface area contributed by atoms with Crippen molar-refractivity contribution in [2.24, 2.45) is 13.0 Å². The standard InChI is InChI=1S/C28H33ClN6O2.ClH/c1-18-6-5-7-20(16-18)25(32-24(36)11-10-19-12-14-30-15-13-19)28(37)35-17-21-26(29)33-34(2)27(21)31-22-8-3-4-9-23(22)35;/h3-9,16,19,25,30-31H,10-15,17H2,1-2H3,(H,32,36);1H. The van der Waals surface area contributed by atoms with Gasteiger partial charge in [0.25, 0.3) is 5.91 Å². The molecular formula is C28H34Cl2N6O2. The van der Waals surface area contributed by atoms with Crippen LogP contribution in [-0.2, 0) is 23.2 Å². The Morgan fingerprint density at radius 3 is 2.68 bits per heavy atom. The van der Waals surface area contributed by atoms with Crippen LogP contribution in [0.1, 0.15) is 48.4 Å². The summed E-state index contributed by atoms with van der Waals surface area (Å²) in [5.74, 6) is 0.947. The van der Waals surface area contributed by atoms with Crippen molar-refractivity contribution < 1.29 is 9.59 Å². The molecule has 1 saturated heterocycles. The number of halogens is 2. The van der Waals surface area contributed by atoms with Gasteiger partial charge >= 0.3 is 0 Å². The van der Waals surface area contributed by atoms with Gasteiger partial charge in [0.05, 0.1) is 23.5 Å². The van der Waals surface area contributed by atoms with E-state index in [2.05, 4.69) is 21.0 Å². The summed E-state index contributed by atoms with van der Waals surface area (Å²) in [5.41, 5.74) is 4.01. The number of benzene rings is 2. The van der Waals surface area contributed by atoms with Gasteiger partial charge in [0.1, 0.15) is 11.9 Å². The van der Waals surface area contributed by atoms with Crippen LogP contribution in [0.3, 0.4) is 0 Å². The summed E-state index contributed by atoms with van der Waals surface area (Å²) in [5, 5.41) is 14.5. The molecule has 1 atom stereocenters. The molecule has 3 aromatic rings. The number of fused-ring (bicyclic) bond motifs is 2. The van der Waals surface area contributed by atoms with E-state index >= 15 is 0 Å². The minimum absolute atomic E-state index is 0. The highest BCUT2D eigenvalue weighted by Gasteiger charge is 2.33. The Morgan fingerprint density at radius 2 is 1.92 bits per heavy atom. The van der Waals surface area contributed by atoms with Crippen LogP contribution in [0.25, 0.3) is 0 Å². The van der Waals surface area contributed by atoms with E-state index in [1.165, 1.54) is 0 Å². The van der Waals surface area contributed by atoms with E-state index in [1.807, 2.05) is 62.5 Å². The van der Waals surface area contributed by atoms with Crippen LogP contribution in [0.4, 0.5) is 17.2 Å². The molecule has 2 aliphatic heterocycles. The zero-order valence-corrected chi connectivity index (χ0v) is 23.2. The lowest BCUT2D eigenvalue weighted by Crippen LogP contribution is -2.43. The van der Waals surface area contributed by atoms with E-state index < -0.39 is 6.04 Å². The van der Waals surface area contributed by atoms with Gasteiger partial charge in [0.15, 0.2) is 5.15 Å². The number of piperidine rings is 1. The SMILES string of the molecule is Cc1cccc(C(NC(=O)CCC2CCNCC2)C(=O)N2Cc3c(Cl)nn(C)c3Nc3ccccc32)c1.Cl. The lowest BCUT2D eigenvalue weighted by Gasteiger charge is -2.29. The highest BCUT2D eigenvalue weighted by molar-refractivity contribution is 6.30. The van der Waals surface area contributed by atoms with Crippen molar-refractivity contribution in [3.8, 4) is 0 Å². The van der Waals surface area contributed by atoms with Crippen LogP contribution in [-0.4, -0.2) is 34.7 Å². The van der Waals surface area contributed by atoms with Crippen molar-refractivity contribution in [2.45, 2.75) is 45.2 Å². The molecule has 8 nitrogen and oxygen atoms in total. The first-order valence-electron chi connectivity index (χ1n) is 12.9. The number of amides is 2. The monoisotopic (exact) mass is 556 g/mol. The number of rotatable bonds is 6. The fraction of sp³-hybridized carbons (Fsp3) is 0.393. The zero-order chi connectivity index (χ0) is 25.9. The smallest absolute Gasteiger partial charge is 0.254 e. The third-order valence-corrected chi connectivity index (χ3v) is 7.60. The number of hydrogen-bond acceptors (Lipinski definition) is 5. The second-order valence-electron chi connectivity index (χ2n) is 9.95. The van der Waals surface area contributed by atoms with Gasteiger partial charge in [0, 0.05) is 13.5 Å². The molecule has 2 amide bonds. The fourth-order valence-electron chi connectivity index (χ4n) is 5.25. The fourth-order valence-corrected chi connectivity index (χ4v) is 5.51. The van der Waals surface area contributed by atoms with Gasteiger partial charge in [-0.05, 0) is 62.9 Å². The summed E-state index contributed by atoms with van der Waals surface area (Å²) in [6.45, 7) is 4.21. The van der Waals surface area contributed by atoms with Gasteiger partial charge < -0.3 is 20.9 Å². The maximum Gasteiger partial charge on any atom is 0.254 e. The number of anilines is 3. The van der Waals surface area contributed by atoms with Gasteiger partial charge in [-0.2, -0.15) is 5.10 Å².